The van der Waals surface area contributed by atoms with Gasteiger partial charge in [-0.05, 0) is 55.4 Å². The van der Waals surface area contributed by atoms with Crippen LogP contribution < -0.4 is 0 Å². The minimum Gasteiger partial charge on any atom is -0.455 e. The average molecular weight is 407 g/mol. The monoisotopic (exact) mass is 406 g/mol. The van der Waals surface area contributed by atoms with Crippen LogP contribution in [0.4, 0.5) is 0 Å². The number of sulfonamides is 1. The maximum atomic E-state index is 12.9. The number of aryl methyl sites for hydroxylation is 2. The van der Waals surface area contributed by atoms with Crippen molar-refractivity contribution in [3.8, 4) is 0 Å². The van der Waals surface area contributed by atoms with Crippen LogP contribution >= 0.6 is 0 Å². The van der Waals surface area contributed by atoms with E-state index in [9.17, 15) is 18.0 Å². The molecule has 0 unspecified atom stereocenters. The second-order valence-corrected chi connectivity index (χ2v) is 9.74. The molecule has 2 aliphatic carbocycles. The molecule has 0 spiro atoms. The number of fused-ring (bicyclic) bond motifs is 1. The van der Waals surface area contributed by atoms with E-state index in [-0.39, 0.29) is 37.5 Å². The largest absolute Gasteiger partial charge is 0.455 e. The third-order valence-electron chi connectivity index (χ3n) is 6.08. The third-order valence-corrected chi connectivity index (χ3v) is 7.97. The predicted octanol–water partition coefficient (Wildman–Crippen LogP) is 1.35. The summed E-state index contributed by atoms with van der Waals surface area (Å²) in [5.41, 5.74) is 2.37. The fourth-order valence-corrected chi connectivity index (χ4v) is 5.49. The summed E-state index contributed by atoms with van der Waals surface area (Å²) in [6.07, 6.45) is 5.74. The van der Waals surface area contributed by atoms with Crippen LogP contribution in [-0.2, 0) is 37.2 Å². The number of benzene rings is 1. The van der Waals surface area contributed by atoms with Crippen LogP contribution in [0.1, 0.15) is 36.8 Å². The topological polar surface area (TPSA) is 84.0 Å². The summed E-state index contributed by atoms with van der Waals surface area (Å²) >= 11 is 0. The van der Waals surface area contributed by atoms with Crippen molar-refractivity contribution in [1.29, 1.82) is 0 Å². The van der Waals surface area contributed by atoms with E-state index < -0.39 is 10.0 Å². The standard InChI is InChI=1S/C20H26N2O5S/c23-19(14-27-20(24)16-4-2-5-16)21-9-11-22(12-10-21)28(25,26)18-8-7-15-3-1-6-17(15)13-18/h7-8,13,16H,1-6,9-12,14H2. The number of rotatable bonds is 5. The van der Waals surface area contributed by atoms with E-state index in [1.807, 2.05) is 6.07 Å². The maximum absolute atomic E-state index is 12.9. The van der Waals surface area contributed by atoms with Gasteiger partial charge in [-0.1, -0.05) is 12.5 Å². The summed E-state index contributed by atoms with van der Waals surface area (Å²) in [4.78, 5) is 25.9. The molecule has 0 atom stereocenters. The fraction of sp³-hybridized carbons (Fsp3) is 0.600. The lowest BCUT2D eigenvalue weighted by atomic mass is 9.86. The van der Waals surface area contributed by atoms with Crippen LogP contribution in [0, 0.1) is 5.92 Å². The van der Waals surface area contributed by atoms with Gasteiger partial charge >= 0.3 is 5.97 Å². The fourth-order valence-electron chi connectivity index (χ4n) is 4.02. The van der Waals surface area contributed by atoms with Crippen molar-refractivity contribution in [2.45, 2.75) is 43.4 Å². The van der Waals surface area contributed by atoms with E-state index in [1.54, 1.807) is 17.0 Å². The predicted molar refractivity (Wildman–Crippen MR) is 102 cm³/mol. The number of piperazine rings is 1. The van der Waals surface area contributed by atoms with E-state index in [2.05, 4.69) is 0 Å². The number of carbonyl (C=O) groups excluding carboxylic acids is 2. The second kappa shape index (κ2) is 7.83. The molecule has 0 radical (unpaired) electrons. The summed E-state index contributed by atoms with van der Waals surface area (Å²) in [7, 11) is -3.56. The van der Waals surface area contributed by atoms with Crippen molar-refractivity contribution >= 4 is 21.9 Å². The molecule has 2 fully saturated rings. The van der Waals surface area contributed by atoms with Gasteiger partial charge in [0, 0.05) is 26.2 Å². The van der Waals surface area contributed by atoms with Crippen molar-refractivity contribution in [2.75, 3.05) is 32.8 Å². The Morgan fingerprint density at radius 3 is 2.39 bits per heavy atom. The van der Waals surface area contributed by atoms with Gasteiger partial charge in [-0.15, -0.1) is 0 Å². The minimum atomic E-state index is -3.56. The zero-order chi connectivity index (χ0) is 19.7. The van der Waals surface area contributed by atoms with Crippen molar-refractivity contribution in [3.63, 3.8) is 0 Å². The number of hydrogen-bond acceptors (Lipinski definition) is 5. The molecule has 8 heteroatoms. The highest BCUT2D eigenvalue weighted by Gasteiger charge is 2.32. The smallest absolute Gasteiger partial charge is 0.309 e. The van der Waals surface area contributed by atoms with Crippen LogP contribution in [0.5, 0.6) is 0 Å². The molecule has 4 rings (SSSR count). The van der Waals surface area contributed by atoms with Gasteiger partial charge in [0.2, 0.25) is 10.0 Å². The SMILES string of the molecule is O=C(OCC(=O)N1CCN(S(=O)(=O)c2ccc3c(c2)CCC3)CC1)C1CCC1. The molecule has 0 bridgehead atoms. The molecule has 1 aromatic carbocycles. The maximum Gasteiger partial charge on any atom is 0.309 e. The van der Waals surface area contributed by atoms with Gasteiger partial charge in [-0.3, -0.25) is 9.59 Å². The molecule has 0 aromatic heterocycles. The van der Waals surface area contributed by atoms with Gasteiger partial charge in [0.25, 0.3) is 5.91 Å². The van der Waals surface area contributed by atoms with E-state index >= 15 is 0 Å². The molecule has 1 saturated heterocycles. The molecule has 1 amide bonds. The molecule has 1 heterocycles. The Balaban J connectivity index is 1.31. The lowest BCUT2D eigenvalue weighted by molar-refractivity contribution is -0.158. The first-order valence-corrected chi connectivity index (χ1v) is 11.5. The van der Waals surface area contributed by atoms with E-state index in [0.717, 1.165) is 44.1 Å². The van der Waals surface area contributed by atoms with Crippen molar-refractivity contribution in [1.82, 2.24) is 9.21 Å². The Kier molecular flexibility index (Phi) is 5.42. The number of hydrogen-bond donors (Lipinski definition) is 0. The van der Waals surface area contributed by atoms with Gasteiger partial charge < -0.3 is 9.64 Å². The quantitative estimate of drug-likeness (QED) is 0.690. The molecule has 1 aliphatic heterocycles. The molecule has 1 saturated carbocycles. The molecular weight excluding hydrogens is 380 g/mol. The van der Waals surface area contributed by atoms with Gasteiger partial charge in [0.1, 0.15) is 0 Å². The normalized spacial score (nSPS) is 20.5. The first-order valence-electron chi connectivity index (χ1n) is 10.0. The Bertz CT molecular complexity index is 871. The first-order chi connectivity index (χ1) is 13.4. The van der Waals surface area contributed by atoms with Crippen LogP contribution in [0.2, 0.25) is 0 Å². The molecule has 3 aliphatic rings. The van der Waals surface area contributed by atoms with Crippen LogP contribution in [0.25, 0.3) is 0 Å². The van der Waals surface area contributed by atoms with E-state index in [0.29, 0.717) is 18.0 Å². The Morgan fingerprint density at radius 1 is 1.00 bits per heavy atom. The zero-order valence-electron chi connectivity index (χ0n) is 15.9. The molecule has 7 nitrogen and oxygen atoms in total. The second-order valence-electron chi connectivity index (χ2n) is 7.80. The molecular formula is C20H26N2O5S. The van der Waals surface area contributed by atoms with Gasteiger partial charge in [0.05, 0.1) is 10.8 Å². The van der Waals surface area contributed by atoms with Gasteiger partial charge in [-0.25, -0.2) is 8.42 Å². The Labute approximate surface area is 165 Å². The summed E-state index contributed by atoms with van der Waals surface area (Å²) in [5, 5.41) is 0. The molecule has 0 N–H and O–H groups in total. The third kappa shape index (κ3) is 3.80. The van der Waals surface area contributed by atoms with E-state index in [1.165, 1.54) is 9.87 Å². The van der Waals surface area contributed by atoms with Gasteiger partial charge in [0.15, 0.2) is 6.61 Å². The zero-order valence-corrected chi connectivity index (χ0v) is 16.7. The van der Waals surface area contributed by atoms with Crippen LogP contribution in [0.15, 0.2) is 23.1 Å². The highest BCUT2D eigenvalue weighted by molar-refractivity contribution is 7.89. The first kappa shape index (κ1) is 19.4. The Morgan fingerprint density at radius 2 is 1.71 bits per heavy atom. The van der Waals surface area contributed by atoms with E-state index in [4.69, 9.17) is 4.74 Å². The highest BCUT2D eigenvalue weighted by Crippen LogP contribution is 2.28. The van der Waals surface area contributed by atoms with Crippen LogP contribution in [0.3, 0.4) is 0 Å². The summed E-state index contributed by atoms with van der Waals surface area (Å²) < 4.78 is 32.4. The summed E-state index contributed by atoms with van der Waals surface area (Å²) in [6, 6.07) is 5.41. The average Bonchev–Trinajstić information content (AvgIpc) is 3.12. The minimum absolute atomic E-state index is 0.0536. The summed E-state index contributed by atoms with van der Waals surface area (Å²) in [6.45, 7) is 0.865. The van der Waals surface area contributed by atoms with Crippen molar-refractivity contribution in [3.05, 3.63) is 29.3 Å². The number of esters is 1. The van der Waals surface area contributed by atoms with Crippen molar-refractivity contribution < 1.29 is 22.7 Å². The molecule has 1 aromatic rings. The molecule has 28 heavy (non-hydrogen) atoms. The van der Waals surface area contributed by atoms with Gasteiger partial charge in [-0.2, -0.15) is 4.31 Å². The lowest BCUT2D eigenvalue weighted by Crippen LogP contribution is -2.51. The number of amides is 1. The summed E-state index contributed by atoms with van der Waals surface area (Å²) in [5.74, 6) is -0.609. The van der Waals surface area contributed by atoms with Crippen LogP contribution in [-0.4, -0.2) is 62.3 Å². The van der Waals surface area contributed by atoms with Crippen molar-refractivity contribution in [2.24, 2.45) is 5.92 Å². The number of carbonyl (C=O) groups is 2. The number of nitrogens with zero attached hydrogens (tertiary/aromatic N) is 2. The Hall–Kier alpha value is -1.93. The lowest BCUT2D eigenvalue weighted by Gasteiger charge is -2.34. The molecule has 152 valence electrons. The number of ether oxygens (including phenoxy) is 1. The highest BCUT2D eigenvalue weighted by atomic mass is 32.2.